The van der Waals surface area contributed by atoms with Crippen LogP contribution in [0.15, 0.2) is 48.8 Å². The standard InChI is InChI=1S/C16H14N8.2ClHO4.Cu/c1-3-9-17-11(5-1)15-19-13(21-23-15)7-8-14-20-16(24-22-14)12-6-2-4-10-18-12;2*2-1(3,4)5;/h1-6,9-10H,7-8H2,(H,19,21,23)(H,20,22,24);2*(H,2,3,4,5);/q;;;+2/p-2. The zero-order chi connectivity index (χ0) is 25.2. The maximum atomic E-state index is 8.49. The van der Waals surface area contributed by atoms with Crippen molar-refractivity contribution < 1.29 is 74.8 Å². The molecular weight excluding hydrogens is 567 g/mol. The van der Waals surface area contributed by atoms with Crippen LogP contribution in [0.4, 0.5) is 0 Å². The minimum absolute atomic E-state index is 0. The van der Waals surface area contributed by atoms with Crippen molar-refractivity contribution in [2.45, 2.75) is 12.8 Å². The molecule has 0 saturated carbocycles. The van der Waals surface area contributed by atoms with Crippen molar-refractivity contribution >= 4 is 0 Å². The summed E-state index contributed by atoms with van der Waals surface area (Å²) in [5, 5.41) is 14.3. The zero-order valence-electron chi connectivity index (χ0n) is 17.0. The number of nitrogens with one attached hydrogen (secondary N) is 2. The molecule has 4 aromatic heterocycles. The molecule has 0 fully saturated rings. The summed E-state index contributed by atoms with van der Waals surface area (Å²) in [6.07, 6.45) is 4.80. The van der Waals surface area contributed by atoms with E-state index in [1.807, 2.05) is 36.4 Å². The van der Waals surface area contributed by atoms with Gasteiger partial charge in [-0.3, -0.25) is 20.2 Å². The number of hydrogen-bond acceptors (Lipinski definition) is 14. The maximum absolute atomic E-state index is 8.49. The number of hydrogen-bond donors (Lipinski definition) is 2. The molecule has 0 unspecified atom stereocenters. The van der Waals surface area contributed by atoms with E-state index in [1.54, 1.807) is 12.4 Å². The average Bonchev–Trinajstić information content (AvgIpc) is 3.41. The van der Waals surface area contributed by atoms with Gasteiger partial charge >= 0.3 is 17.1 Å². The summed E-state index contributed by atoms with van der Waals surface area (Å²) in [7, 11) is -9.89. The summed E-state index contributed by atoms with van der Waals surface area (Å²) in [5.74, 6) is 2.76. The summed E-state index contributed by atoms with van der Waals surface area (Å²) < 4.78 is 67.9. The third-order valence-electron chi connectivity index (χ3n) is 3.45. The molecule has 0 aliphatic rings. The van der Waals surface area contributed by atoms with E-state index < -0.39 is 20.5 Å². The van der Waals surface area contributed by atoms with Crippen LogP contribution in [0.2, 0.25) is 0 Å². The Balaban J connectivity index is 0.000000476. The van der Waals surface area contributed by atoms with Crippen LogP contribution in [0.1, 0.15) is 11.6 Å². The molecule has 0 saturated heterocycles. The topological polar surface area (TPSA) is 293 Å². The van der Waals surface area contributed by atoms with E-state index in [2.05, 4.69) is 40.3 Å². The second-order valence-corrected chi connectivity index (χ2v) is 7.41. The van der Waals surface area contributed by atoms with Gasteiger partial charge in [-0.1, -0.05) is 12.1 Å². The Morgan fingerprint density at radius 1 is 0.600 bits per heavy atom. The molecule has 0 amide bonds. The van der Waals surface area contributed by atoms with E-state index in [1.165, 1.54) is 0 Å². The van der Waals surface area contributed by atoms with Crippen molar-refractivity contribution in [2.75, 3.05) is 0 Å². The Bertz CT molecular complexity index is 1020. The van der Waals surface area contributed by atoms with Gasteiger partial charge in [-0.05, 0) is 24.3 Å². The largest absolute Gasteiger partial charge is 2.00 e. The Kier molecular flexibility index (Phi) is 12.2. The van der Waals surface area contributed by atoms with Crippen LogP contribution in [0.3, 0.4) is 0 Å². The van der Waals surface area contributed by atoms with Crippen molar-refractivity contribution in [3.63, 3.8) is 0 Å². The molecule has 1 radical (unpaired) electrons. The molecular formula is C16H14Cl2CuN8O8. The predicted molar refractivity (Wildman–Crippen MR) is 86.6 cm³/mol. The van der Waals surface area contributed by atoms with Crippen LogP contribution >= 0.6 is 0 Å². The van der Waals surface area contributed by atoms with Crippen molar-refractivity contribution in [1.82, 2.24) is 40.3 Å². The second-order valence-electron chi connectivity index (χ2n) is 5.90. The molecule has 16 nitrogen and oxygen atoms in total. The first-order chi connectivity index (χ1) is 15.9. The SMILES string of the molecule is [Cu+2].[O-][Cl+3]([O-])([O-])[O-].[O-][Cl+3]([O-])([O-])[O-].c1ccc(-c2n[nH]c(CCc3nc(-c4ccccn4)n[nH]3)n2)nc1. The summed E-state index contributed by atoms with van der Waals surface area (Å²) in [6, 6.07) is 11.3. The number of aryl methyl sites for hydroxylation is 2. The first-order valence-electron chi connectivity index (χ1n) is 8.77. The minimum atomic E-state index is -4.94. The van der Waals surface area contributed by atoms with Crippen molar-refractivity contribution in [2.24, 2.45) is 0 Å². The fraction of sp³-hybridized carbons (Fsp3) is 0.125. The Labute approximate surface area is 211 Å². The van der Waals surface area contributed by atoms with E-state index in [0.29, 0.717) is 24.5 Å². The molecule has 35 heavy (non-hydrogen) atoms. The monoisotopic (exact) mass is 579 g/mol. The van der Waals surface area contributed by atoms with Crippen LogP contribution in [0.25, 0.3) is 23.0 Å². The summed E-state index contributed by atoms with van der Waals surface area (Å²) in [4.78, 5) is 17.4. The van der Waals surface area contributed by atoms with Gasteiger partial charge in [0.25, 0.3) is 0 Å². The van der Waals surface area contributed by atoms with E-state index in [-0.39, 0.29) is 17.1 Å². The molecule has 4 aromatic rings. The van der Waals surface area contributed by atoms with Crippen LogP contribution in [-0.2, 0) is 29.9 Å². The number of aromatic amines is 2. The Morgan fingerprint density at radius 3 is 1.23 bits per heavy atom. The smallest absolute Gasteiger partial charge is 0.263 e. The molecule has 0 aromatic carbocycles. The first-order valence-corrected chi connectivity index (χ1v) is 11.2. The fourth-order valence-electron chi connectivity index (χ4n) is 2.27. The molecule has 0 aliphatic carbocycles. The van der Waals surface area contributed by atoms with E-state index >= 15 is 0 Å². The molecule has 191 valence electrons. The summed E-state index contributed by atoms with van der Waals surface area (Å²) in [5.41, 5.74) is 1.49. The van der Waals surface area contributed by atoms with E-state index in [9.17, 15) is 0 Å². The number of rotatable bonds is 5. The number of H-pyrrole nitrogens is 2. The van der Waals surface area contributed by atoms with Gasteiger partial charge in [-0.25, -0.2) is 47.2 Å². The molecule has 0 spiro atoms. The van der Waals surface area contributed by atoms with Crippen LogP contribution in [-0.4, -0.2) is 40.3 Å². The first kappa shape index (κ1) is 30.4. The molecule has 0 atom stereocenters. The fourth-order valence-corrected chi connectivity index (χ4v) is 2.27. The summed E-state index contributed by atoms with van der Waals surface area (Å²) >= 11 is 0. The van der Waals surface area contributed by atoms with Gasteiger partial charge in [0.05, 0.1) is 0 Å². The van der Waals surface area contributed by atoms with Gasteiger partial charge in [0.15, 0.2) is 11.6 Å². The molecule has 19 heteroatoms. The molecule has 0 bridgehead atoms. The van der Waals surface area contributed by atoms with E-state index in [0.717, 1.165) is 23.0 Å². The Hall–Kier alpha value is -2.64. The molecule has 0 aliphatic heterocycles. The normalized spacial score (nSPS) is 10.9. The zero-order valence-corrected chi connectivity index (χ0v) is 19.5. The Morgan fingerprint density at radius 2 is 0.943 bits per heavy atom. The van der Waals surface area contributed by atoms with Gasteiger partial charge in [0.2, 0.25) is 0 Å². The van der Waals surface area contributed by atoms with Gasteiger partial charge in [-0.15, -0.1) is 20.5 Å². The number of aromatic nitrogens is 8. The number of pyridine rings is 2. The van der Waals surface area contributed by atoms with Crippen LogP contribution in [0.5, 0.6) is 0 Å². The molecule has 2 N–H and O–H groups in total. The quantitative estimate of drug-likeness (QED) is 0.207. The van der Waals surface area contributed by atoms with Crippen molar-refractivity contribution in [1.29, 1.82) is 0 Å². The van der Waals surface area contributed by atoms with E-state index in [4.69, 9.17) is 37.3 Å². The maximum Gasteiger partial charge on any atom is 2.00 e. The van der Waals surface area contributed by atoms with Gasteiger partial charge in [-0.2, -0.15) is 10.2 Å². The number of nitrogens with zero attached hydrogens (tertiary/aromatic N) is 6. The van der Waals surface area contributed by atoms with Gasteiger partial charge in [0, 0.05) is 25.2 Å². The van der Waals surface area contributed by atoms with Gasteiger partial charge in [0.1, 0.15) is 23.0 Å². The third-order valence-corrected chi connectivity index (χ3v) is 3.45. The van der Waals surface area contributed by atoms with Crippen LogP contribution < -0.4 is 37.3 Å². The van der Waals surface area contributed by atoms with Crippen molar-refractivity contribution in [3.05, 3.63) is 60.4 Å². The summed E-state index contributed by atoms with van der Waals surface area (Å²) in [6.45, 7) is 0. The van der Waals surface area contributed by atoms with Gasteiger partial charge < -0.3 is 0 Å². The molecule has 4 heterocycles. The van der Waals surface area contributed by atoms with Crippen molar-refractivity contribution in [3.8, 4) is 23.0 Å². The van der Waals surface area contributed by atoms with Crippen LogP contribution in [0, 0.1) is 20.5 Å². The average molecular weight is 581 g/mol. The second kappa shape index (κ2) is 14.0. The molecule has 4 rings (SSSR count). The minimum Gasteiger partial charge on any atom is -0.263 e. The third kappa shape index (κ3) is 13.7. The number of halogens is 2. The predicted octanol–water partition coefficient (Wildman–Crippen LogP) is -7.68.